The van der Waals surface area contributed by atoms with Crippen molar-refractivity contribution >= 4 is 17.5 Å². The lowest BCUT2D eigenvalue weighted by Gasteiger charge is -2.11. The lowest BCUT2D eigenvalue weighted by Crippen LogP contribution is -2.21. The molecule has 2 rings (SSSR count). The molecule has 0 saturated carbocycles. The number of anilines is 1. The van der Waals surface area contributed by atoms with Crippen molar-refractivity contribution in [1.29, 1.82) is 0 Å². The number of rotatable bonds is 3. The highest BCUT2D eigenvalue weighted by Crippen LogP contribution is 2.27. The Kier molecular flexibility index (Phi) is 3.20. The van der Waals surface area contributed by atoms with E-state index in [1.165, 1.54) is 6.07 Å². The van der Waals surface area contributed by atoms with Crippen LogP contribution in [0.4, 0.5) is 5.69 Å². The molecule has 0 aliphatic rings. The molecular formula is C14H13N3O2. The fourth-order valence-corrected chi connectivity index (χ4v) is 1.97. The highest BCUT2D eigenvalue weighted by Gasteiger charge is 2.18. The molecule has 0 radical (unpaired) electrons. The molecule has 2 aromatic rings. The Bertz CT molecular complexity index is 665. The zero-order chi connectivity index (χ0) is 14.0. The first-order valence-corrected chi connectivity index (χ1v) is 5.59. The second-order valence-electron chi connectivity index (χ2n) is 4.08. The smallest absolute Gasteiger partial charge is 0.250 e. The largest absolute Gasteiger partial charge is 0.399 e. The number of amides is 2. The predicted octanol–water partition coefficient (Wildman–Crippen LogP) is 1.13. The first-order chi connectivity index (χ1) is 9.00. The van der Waals surface area contributed by atoms with Crippen LogP contribution in [0.2, 0.25) is 0 Å². The maximum Gasteiger partial charge on any atom is 0.250 e. The molecule has 2 aromatic carbocycles. The quantitative estimate of drug-likeness (QED) is 0.714. The van der Waals surface area contributed by atoms with Gasteiger partial charge in [0.05, 0.1) is 11.1 Å². The van der Waals surface area contributed by atoms with Gasteiger partial charge in [0.1, 0.15) is 0 Å². The molecule has 0 saturated heterocycles. The van der Waals surface area contributed by atoms with E-state index in [4.69, 9.17) is 17.2 Å². The Balaban J connectivity index is 2.73. The summed E-state index contributed by atoms with van der Waals surface area (Å²) in [6.07, 6.45) is 0. The van der Waals surface area contributed by atoms with Gasteiger partial charge >= 0.3 is 0 Å². The number of carbonyl (C=O) groups excluding carboxylic acids is 2. The fourth-order valence-electron chi connectivity index (χ4n) is 1.97. The third kappa shape index (κ3) is 2.40. The monoisotopic (exact) mass is 255 g/mol. The topological polar surface area (TPSA) is 112 Å². The zero-order valence-electron chi connectivity index (χ0n) is 10.1. The number of carbonyl (C=O) groups is 2. The van der Waals surface area contributed by atoms with Crippen molar-refractivity contribution in [1.82, 2.24) is 0 Å². The molecule has 0 bridgehead atoms. The molecule has 5 nitrogen and oxygen atoms in total. The van der Waals surface area contributed by atoms with E-state index < -0.39 is 11.8 Å². The minimum atomic E-state index is -0.702. The first kappa shape index (κ1) is 12.6. The number of nitrogens with two attached hydrogens (primary N) is 3. The highest BCUT2D eigenvalue weighted by molar-refractivity contribution is 6.10. The van der Waals surface area contributed by atoms with Gasteiger partial charge in [-0.1, -0.05) is 24.3 Å². The molecule has 5 heteroatoms. The van der Waals surface area contributed by atoms with Crippen LogP contribution in [0, 0.1) is 0 Å². The van der Waals surface area contributed by atoms with Crippen LogP contribution in [0.15, 0.2) is 42.5 Å². The second kappa shape index (κ2) is 4.81. The van der Waals surface area contributed by atoms with E-state index in [-0.39, 0.29) is 11.1 Å². The molecule has 0 aromatic heterocycles. The van der Waals surface area contributed by atoms with Crippen LogP contribution in [0.3, 0.4) is 0 Å². The Morgan fingerprint density at radius 1 is 0.895 bits per heavy atom. The summed E-state index contributed by atoms with van der Waals surface area (Å²) >= 11 is 0. The van der Waals surface area contributed by atoms with Gasteiger partial charge in [0.15, 0.2) is 0 Å². The minimum absolute atomic E-state index is 0.104. The van der Waals surface area contributed by atoms with Crippen LogP contribution in [-0.4, -0.2) is 11.8 Å². The van der Waals surface area contributed by atoms with Gasteiger partial charge in [-0.15, -0.1) is 0 Å². The summed E-state index contributed by atoms with van der Waals surface area (Å²) < 4.78 is 0. The van der Waals surface area contributed by atoms with E-state index in [1.54, 1.807) is 36.4 Å². The molecule has 0 spiro atoms. The maximum atomic E-state index is 11.6. The van der Waals surface area contributed by atoms with Gasteiger partial charge < -0.3 is 17.2 Å². The average Bonchev–Trinajstić information content (AvgIpc) is 2.37. The van der Waals surface area contributed by atoms with Crippen LogP contribution in [-0.2, 0) is 0 Å². The Morgan fingerprint density at radius 2 is 1.58 bits per heavy atom. The Labute approximate surface area is 110 Å². The summed E-state index contributed by atoms with van der Waals surface area (Å²) in [5.74, 6) is -1.40. The molecule has 0 aliphatic carbocycles. The van der Waals surface area contributed by atoms with Gasteiger partial charge in [-0.05, 0) is 29.3 Å². The summed E-state index contributed by atoms with van der Waals surface area (Å²) in [6, 6.07) is 11.8. The van der Waals surface area contributed by atoms with Gasteiger partial charge in [0.2, 0.25) is 11.8 Å². The number of nitrogen functional groups attached to an aromatic ring is 1. The number of hydrogen-bond acceptors (Lipinski definition) is 3. The summed E-state index contributed by atoms with van der Waals surface area (Å²) in [4.78, 5) is 23.0. The van der Waals surface area contributed by atoms with Crippen molar-refractivity contribution < 1.29 is 9.59 Å². The SMILES string of the molecule is NC(=O)c1cccc(-c2cccc(N)c2)c1C(N)=O. The van der Waals surface area contributed by atoms with Crippen LogP contribution >= 0.6 is 0 Å². The predicted molar refractivity (Wildman–Crippen MR) is 73.3 cm³/mol. The standard InChI is InChI=1S/C14H13N3O2/c15-9-4-1-3-8(7-9)10-5-2-6-11(13(16)18)12(10)14(17)19/h1-7H,15H2,(H2,16,18)(H2,17,19). The van der Waals surface area contributed by atoms with E-state index in [0.717, 1.165) is 0 Å². The van der Waals surface area contributed by atoms with Crippen LogP contribution < -0.4 is 17.2 Å². The summed E-state index contributed by atoms with van der Waals surface area (Å²) in [7, 11) is 0. The molecule has 96 valence electrons. The Hall–Kier alpha value is -2.82. The van der Waals surface area contributed by atoms with Crippen molar-refractivity contribution in [3.05, 3.63) is 53.6 Å². The molecule has 0 unspecified atom stereocenters. The van der Waals surface area contributed by atoms with Crippen LogP contribution in [0.25, 0.3) is 11.1 Å². The molecule has 2 amide bonds. The molecule has 19 heavy (non-hydrogen) atoms. The van der Waals surface area contributed by atoms with Gasteiger partial charge in [-0.25, -0.2) is 0 Å². The Morgan fingerprint density at radius 3 is 2.16 bits per heavy atom. The van der Waals surface area contributed by atoms with Crippen LogP contribution in [0.5, 0.6) is 0 Å². The molecule has 0 fully saturated rings. The third-order valence-corrected chi connectivity index (χ3v) is 2.77. The van der Waals surface area contributed by atoms with Gasteiger partial charge in [0.25, 0.3) is 0 Å². The van der Waals surface area contributed by atoms with Crippen LogP contribution in [0.1, 0.15) is 20.7 Å². The fraction of sp³-hybridized carbons (Fsp3) is 0. The highest BCUT2D eigenvalue weighted by atomic mass is 16.2. The van der Waals surface area contributed by atoms with Gasteiger partial charge in [-0.2, -0.15) is 0 Å². The maximum absolute atomic E-state index is 11.6. The van der Waals surface area contributed by atoms with Gasteiger partial charge in [0, 0.05) is 5.69 Å². The van der Waals surface area contributed by atoms with E-state index in [0.29, 0.717) is 16.8 Å². The van der Waals surface area contributed by atoms with E-state index in [2.05, 4.69) is 0 Å². The van der Waals surface area contributed by atoms with Crippen molar-refractivity contribution in [2.45, 2.75) is 0 Å². The molecule has 0 aliphatic heterocycles. The van der Waals surface area contributed by atoms with Crippen molar-refractivity contribution in [2.75, 3.05) is 5.73 Å². The van der Waals surface area contributed by atoms with Crippen molar-refractivity contribution in [2.24, 2.45) is 11.5 Å². The molecule has 0 atom stereocenters. The molecular weight excluding hydrogens is 242 g/mol. The summed E-state index contributed by atoms with van der Waals surface area (Å²) in [6.45, 7) is 0. The van der Waals surface area contributed by atoms with Crippen molar-refractivity contribution in [3.63, 3.8) is 0 Å². The number of benzene rings is 2. The first-order valence-electron chi connectivity index (χ1n) is 5.59. The minimum Gasteiger partial charge on any atom is -0.399 e. The lowest BCUT2D eigenvalue weighted by atomic mass is 9.94. The lowest BCUT2D eigenvalue weighted by molar-refractivity contribution is 0.0968. The summed E-state index contributed by atoms with van der Waals surface area (Å²) in [5.41, 5.74) is 18.3. The number of hydrogen-bond donors (Lipinski definition) is 3. The van der Waals surface area contributed by atoms with E-state index in [1.807, 2.05) is 0 Å². The average molecular weight is 255 g/mol. The third-order valence-electron chi connectivity index (χ3n) is 2.77. The number of primary amides is 2. The van der Waals surface area contributed by atoms with E-state index in [9.17, 15) is 9.59 Å². The zero-order valence-corrected chi connectivity index (χ0v) is 10.1. The second-order valence-corrected chi connectivity index (χ2v) is 4.08. The molecule has 6 N–H and O–H groups in total. The van der Waals surface area contributed by atoms with Gasteiger partial charge in [-0.3, -0.25) is 9.59 Å². The summed E-state index contributed by atoms with van der Waals surface area (Å²) in [5, 5.41) is 0. The van der Waals surface area contributed by atoms with Crippen molar-refractivity contribution in [3.8, 4) is 11.1 Å². The molecule has 0 heterocycles. The normalized spacial score (nSPS) is 10.1. The van der Waals surface area contributed by atoms with E-state index >= 15 is 0 Å².